The molecule has 5 heterocycles. The van der Waals surface area contributed by atoms with Gasteiger partial charge in [-0.1, -0.05) is 11.8 Å². The standard InChI is InChI=1S/C19H16N2O3S.C18H12N4O2S/c1-3-5-13-8-9-20-16(10-13)18(19(22)23-4-2)24-14-6-7-15-17(11-14)25-12-21-15;1-2-3-12-6-7-19-15(8-12)17(18-22-21-10-23-18)24-13-4-5-14-16(9-13)25-11-20-14/h6-12,18H,4H2,1-2H3;4-11,17H,1H3. The van der Waals surface area contributed by atoms with Crippen molar-refractivity contribution in [1.29, 1.82) is 0 Å². The third-order valence-electron chi connectivity index (χ3n) is 6.85. The van der Waals surface area contributed by atoms with E-state index in [1.54, 1.807) is 73.7 Å². The highest BCUT2D eigenvalue weighted by atomic mass is 32.1. The molecule has 7 aromatic rings. The van der Waals surface area contributed by atoms with E-state index in [9.17, 15) is 4.79 Å². The first-order chi connectivity index (χ1) is 24.5. The fourth-order valence-corrected chi connectivity index (χ4v) is 6.11. The van der Waals surface area contributed by atoms with Gasteiger partial charge in [-0.05, 0) is 81.4 Å². The molecule has 0 radical (unpaired) electrons. The number of esters is 1. The normalized spacial score (nSPS) is 11.6. The number of nitrogens with zero attached hydrogens (tertiary/aromatic N) is 6. The predicted molar refractivity (Wildman–Crippen MR) is 190 cm³/mol. The van der Waals surface area contributed by atoms with Crippen molar-refractivity contribution in [2.75, 3.05) is 6.61 Å². The van der Waals surface area contributed by atoms with Gasteiger partial charge in [0.1, 0.15) is 11.5 Å². The lowest BCUT2D eigenvalue weighted by Crippen LogP contribution is -2.22. The van der Waals surface area contributed by atoms with Crippen LogP contribution >= 0.6 is 22.7 Å². The number of benzene rings is 2. The van der Waals surface area contributed by atoms with E-state index in [0.717, 1.165) is 31.6 Å². The van der Waals surface area contributed by atoms with Crippen LogP contribution in [0, 0.1) is 23.7 Å². The zero-order chi connectivity index (χ0) is 34.7. The summed E-state index contributed by atoms with van der Waals surface area (Å²) in [6.45, 7) is 5.56. The lowest BCUT2D eigenvalue weighted by molar-refractivity contribution is -0.152. The zero-order valence-corrected chi connectivity index (χ0v) is 28.7. The fourth-order valence-electron chi connectivity index (χ4n) is 4.70. The number of carbonyl (C=O) groups is 1. The van der Waals surface area contributed by atoms with Gasteiger partial charge >= 0.3 is 5.97 Å². The van der Waals surface area contributed by atoms with Gasteiger partial charge in [-0.2, -0.15) is 0 Å². The Morgan fingerprint density at radius 1 is 0.780 bits per heavy atom. The summed E-state index contributed by atoms with van der Waals surface area (Å²) in [5, 5.41) is 7.74. The first-order valence-electron chi connectivity index (χ1n) is 15.2. The Labute approximate surface area is 295 Å². The molecule has 5 aromatic heterocycles. The van der Waals surface area contributed by atoms with Crippen LogP contribution in [0.15, 0.2) is 94.9 Å². The summed E-state index contributed by atoms with van der Waals surface area (Å²) in [4.78, 5) is 29.6. The van der Waals surface area contributed by atoms with Crippen LogP contribution in [0.3, 0.4) is 0 Å². The molecule has 248 valence electrons. The van der Waals surface area contributed by atoms with Crippen molar-refractivity contribution in [3.8, 4) is 35.2 Å². The summed E-state index contributed by atoms with van der Waals surface area (Å²) in [7, 11) is 0. The van der Waals surface area contributed by atoms with Crippen molar-refractivity contribution >= 4 is 49.1 Å². The largest absolute Gasteiger partial charge is 0.474 e. The van der Waals surface area contributed by atoms with Crippen LogP contribution in [-0.4, -0.2) is 42.7 Å². The van der Waals surface area contributed by atoms with E-state index in [1.165, 1.54) is 17.7 Å². The van der Waals surface area contributed by atoms with Crippen molar-refractivity contribution in [2.24, 2.45) is 0 Å². The first kappa shape index (κ1) is 33.7. The number of hydrogen-bond donors (Lipinski definition) is 0. The maximum absolute atomic E-state index is 12.4. The molecule has 2 atom stereocenters. The fraction of sp³-hybridized carbons (Fsp3) is 0.162. The van der Waals surface area contributed by atoms with Crippen LogP contribution in [0.25, 0.3) is 20.4 Å². The van der Waals surface area contributed by atoms with Crippen molar-refractivity contribution < 1.29 is 23.4 Å². The van der Waals surface area contributed by atoms with Gasteiger partial charge in [0.2, 0.25) is 18.6 Å². The highest BCUT2D eigenvalue weighted by Crippen LogP contribution is 2.30. The number of thiazole rings is 2. The number of aromatic nitrogens is 6. The molecule has 0 aliphatic heterocycles. The summed E-state index contributed by atoms with van der Waals surface area (Å²) in [6, 6.07) is 18.4. The molecule has 0 spiro atoms. The quantitative estimate of drug-likeness (QED) is 0.110. The molecule has 0 aliphatic rings. The minimum Gasteiger partial charge on any atom is -0.474 e. The molecule has 0 fully saturated rings. The molecule has 0 bridgehead atoms. The Morgan fingerprint density at radius 3 is 1.96 bits per heavy atom. The Balaban J connectivity index is 0.000000173. The molecule has 0 aliphatic carbocycles. The summed E-state index contributed by atoms with van der Waals surface area (Å²) in [6.07, 6.45) is 2.99. The maximum atomic E-state index is 12.4. The van der Waals surface area contributed by atoms with Gasteiger partial charge in [0, 0.05) is 23.5 Å². The van der Waals surface area contributed by atoms with Crippen LogP contribution in [0.2, 0.25) is 0 Å². The zero-order valence-electron chi connectivity index (χ0n) is 27.1. The van der Waals surface area contributed by atoms with Gasteiger partial charge in [-0.25, -0.2) is 14.8 Å². The van der Waals surface area contributed by atoms with E-state index in [2.05, 4.69) is 53.8 Å². The number of rotatable bonds is 9. The van der Waals surface area contributed by atoms with Crippen LogP contribution in [0.4, 0.5) is 0 Å². The molecule has 0 amide bonds. The average molecular weight is 701 g/mol. The monoisotopic (exact) mass is 700 g/mol. The summed E-state index contributed by atoms with van der Waals surface area (Å²) in [5.41, 5.74) is 8.12. The molecule has 2 unspecified atom stereocenters. The van der Waals surface area contributed by atoms with Gasteiger partial charge in [0.05, 0.1) is 49.4 Å². The van der Waals surface area contributed by atoms with E-state index in [1.807, 2.05) is 42.5 Å². The molecule has 0 saturated carbocycles. The Morgan fingerprint density at radius 2 is 1.38 bits per heavy atom. The minimum absolute atomic E-state index is 0.265. The van der Waals surface area contributed by atoms with Crippen molar-refractivity contribution in [1.82, 2.24) is 30.1 Å². The lowest BCUT2D eigenvalue weighted by atomic mass is 10.1. The second-order valence-electron chi connectivity index (χ2n) is 10.2. The number of hydrogen-bond acceptors (Lipinski definition) is 13. The van der Waals surface area contributed by atoms with Crippen molar-refractivity contribution in [3.63, 3.8) is 0 Å². The van der Waals surface area contributed by atoms with E-state index < -0.39 is 18.2 Å². The Kier molecular flexibility index (Phi) is 11.0. The Bertz CT molecular complexity index is 2350. The molecule has 11 nitrogen and oxygen atoms in total. The van der Waals surface area contributed by atoms with Gasteiger partial charge < -0.3 is 18.6 Å². The van der Waals surface area contributed by atoms with E-state index in [4.69, 9.17) is 18.6 Å². The van der Waals surface area contributed by atoms with Crippen LogP contribution in [-0.2, 0) is 9.53 Å². The maximum Gasteiger partial charge on any atom is 0.353 e. The molecule has 0 N–H and O–H groups in total. The van der Waals surface area contributed by atoms with Gasteiger partial charge in [0.15, 0.2) is 0 Å². The number of fused-ring (bicyclic) bond motifs is 2. The van der Waals surface area contributed by atoms with Crippen LogP contribution in [0.1, 0.15) is 61.4 Å². The second-order valence-corrected chi connectivity index (χ2v) is 12.0. The van der Waals surface area contributed by atoms with Crippen LogP contribution in [0.5, 0.6) is 11.5 Å². The molecule has 0 saturated heterocycles. The number of pyridine rings is 2. The van der Waals surface area contributed by atoms with E-state index in [-0.39, 0.29) is 6.61 Å². The smallest absolute Gasteiger partial charge is 0.353 e. The van der Waals surface area contributed by atoms with E-state index in [0.29, 0.717) is 28.8 Å². The highest BCUT2D eigenvalue weighted by Gasteiger charge is 2.26. The summed E-state index contributed by atoms with van der Waals surface area (Å²) in [5.74, 6) is 12.8. The third-order valence-corrected chi connectivity index (χ3v) is 8.44. The molecule has 2 aromatic carbocycles. The topological polar surface area (TPSA) is 135 Å². The predicted octanol–water partition coefficient (Wildman–Crippen LogP) is 7.36. The highest BCUT2D eigenvalue weighted by molar-refractivity contribution is 7.17. The second kappa shape index (κ2) is 16.3. The molecule has 13 heteroatoms. The average Bonchev–Trinajstić information content (AvgIpc) is 3.93. The van der Waals surface area contributed by atoms with Crippen molar-refractivity contribution in [3.05, 3.63) is 119 Å². The summed E-state index contributed by atoms with van der Waals surface area (Å²) < 4.78 is 24.6. The molecule has 7 rings (SSSR count). The minimum atomic E-state index is -0.955. The SMILES string of the molecule is CC#Cc1ccnc(C(Oc2ccc3ncsc3c2)C(=O)OCC)c1.CC#Cc1ccnc(C(Oc2ccc3ncsc3c2)c2nnco2)c1. The van der Waals surface area contributed by atoms with Gasteiger partial charge in [-0.3, -0.25) is 9.97 Å². The number of ether oxygens (including phenoxy) is 3. The third kappa shape index (κ3) is 8.28. The summed E-state index contributed by atoms with van der Waals surface area (Å²) >= 11 is 3.07. The van der Waals surface area contributed by atoms with Gasteiger partial charge in [-0.15, -0.1) is 44.7 Å². The molecule has 50 heavy (non-hydrogen) atoms. The molecular formula is C37H28N6O5S2. The van der Waals surface area contributed by atoms with Crippen molar-refractivity contribution in [2.45, 2.75) is 33.0 Å². The first-order valence-corrected chi connectivity index (χ1v) is 17.0. The molecular weight excluding hydrogens is 673 g/mol. The van der Waals surface area contributed by atoms with Gasteiger partial charge in [0.25, 0.3) is 5.89 Å². The van der Waals surface area contributed by atoms with E-state index >= 15 is 0 Å². The Hall–Kier alpha value is -6.15. The lowest BCUT2D eigenvalue weighted by Gasteiger charge is -2.17. The van der Waals surface area contributed by atoms with Crippen LogP contribution < -0.4 is 9.47 Å². The number of carbonyl (C=O) groups excluding carboxylic acids is 1.